The highest BCUT2D eigenvalue weighted by Crippen LogP contribution is 1.92. The van der Waals surface area contributed by atoms with Gasteiger partial charge >= 0.3 is 5.97 Å². The molecule has 0 radical (unpaired) electrons. The maximum atomic E-state index is 10.7. The number of imidazole rings is 1. The molecule has 0 aliphatic rings. The van der Waals surface area contributed by atoms with Gasteiger partial charge in [0.15, 0.2) is 0 Å². The van der Waals surface area contributed by atoms with Crippen LogP contribution in [0.4, 0.5) is 0 Å². The van der Waals surface area contributed by atoms with Crippen molar-refractivity contribution in [3.63, 3.8) is 0 Å². The van der Waals surface area contributed by atoms with E-state index in [4.69, 9.17) is 0 Å². The zero-order chi connectivity index (χ0) is 9.68. The average Bonchev–Trinajstić information content (AvgIpc) is 2.51. The van der Waals surface area contributed by atoms with Crippen LogP contribution in [0.2, 0.25) is 0 Å². The van der Waals surface area contributed by atoms with E-state index in [0.29, 0.717) is 5.69 Å². The van der Waals surface area contributed by atoms with Crippen LogP contribution in [0.3, 0.4) is 0 Å². The molecule has 68 valence electrons. The highest BCUT2D eigenvalue weighted by molar-refractivity contribution is 5.72. The van der Waals surface area contributed by atoms with Crippen molar-refractivity contribution in [2.24, 2.45) is 0 Å². The molecule has 0 unspecified atom stereocenters. The number of hydrogen-bond donors (Lipinski definition) is 1. The van der Waals surface area contributed by atoms with Crippen molar-refractivity contribution in [1.29, 1.82) is 0 Å². The minimum atomic E-state index is -0.330. The third-order valence-corrected chi connectivity index (χ3v) is 1.39. The van der Waals surface area contributed by atoms with Gasteiger partial charge in [-0.2, -0.15) is 0 Å². The van der Waals surface area contributed by atoms with E-state index in [9.17, 15) is 4.79 Å². The van der Waals surface area contributed by atoms with E-state index in [1.54, 1.807) is 6.20 Å². The van der Waals surface area contributed by atoms with E-state index in [2.05, 4.69) is 26.5 Å². The molecule has 0 atom stereocenters. The lowest BCUT2D eigenvalue weighted by Crippen LogP contribution is -1.96. The van der Waals surface area contributed by atoms with Gasteiger partial charge in [0.05, 0.1) is 13.3 Å². The Morgan fingerprint density at radius 1 is 1.77 bits per heavy atom. The third-order valence-electron chi connectivity index (χ3n) is 1.39. The number of rotatable bonds is 1. The van der Waals surface area contributed by atoms with Crippen molar-refractivity contribution >= 4 is 5.97 Å². The van der Waals surface area contributed by atoms with Crippen LogP contribution >= 0.6 is 0 Å². The van der Waals surface area contributed by atoms with Crippen LogP contribution in [0.1, 0.15) is 17.9 Å². The standard InChI is InChI=1S/C9H10N2O2/c1-7-10-6-8(11-7)4-3-5-9(12)13-2/h6H,5H2,1-2H3,(H,10,11). The Morgan fingerprint density at radius 2 is 2.54 bits per heavy atom. The first-order valence-corrected chi connectivity index (χ1v) is 3.79. The maximum Gasteiger partial charge on any atom is 0.317 e. The van der Waals surface area contributed by atoms with Crippen LogP contribution in [0.5, 0.6) is 0 Å². The van der Waals surface area contributed by atoms with Gasteiger partial charge in [-0.3, -0.25) is 4.79 Å². The second-order valence-electron chi connectivity index (χ2n) is 2.44. The quantitative estimate of drug-likeness (QED) is 0.507. The summed E-state index contributed by atoms with van der Waals surface area (Å²) in [5.41, 5.74) is 0.710. The number of nitrogens with zero attached hydrogens (tertiary/aromatic N) is 1. The number of H-pyrrole nitrogens is 1. The van der Waals surface area contributed by atoms with Crippen LogP contribution < -0.4 is 0 Å². The summed E-state index contributed by atoms with van der Waals surface area (Å²) in [6.45, 7) is 1.84. The number of hydrogen-bond acceptors (Lipinski definition) is 3. The van der Waals surface area contributed by atoms with E-state index in [1.807, 2.05) is 6.92 Å². The molecule has 1 aromatic rings. The second-order valence-corrected chi connectivity index (χ2v) is 2.44. The number of aromatic nitrogens is 2. The molecule has 1 rings (SSSR count). The van der Waals surface area contributed by atoms with Crippen molar-refractivity contribution in [2.75, 3.05) is 7.11 Å². The summed E-state index contributed by atoms with van der Waals surface area (Å²) in [5.74, 6) is 5.91. The highest BCUT2D eigenvalue weighted by atomic mass is 16.5. The summed E-state index contributed by atoms with van der Waals surface area (Å²) in [4.78, 5) is 17.5. The number of aryl methyl sites for hydroxylation is 1. The first-order chi connectivity index (χ1) is 6.22. The first-order valence-electron chi connectivity index (χ1n) is 3.79. The van der Waals surface area contributed by atoms with E-state index in [1.165, 1.54) is 7.11 Å². The monoisotopic (exact) mass is 178 g/mol. The Kier molecular flexibility index (Phi) is 3.09. The van der Waals surface area contributed by atoms with E-state index >= 15 is 0 Å². The summed E-state index contributed by atoms with van der Waals surface area (Å²) in [6, 6.07) is 0. The summed E-state index contributed by atoms with van der Waals surface area (Å²) in [5, 5.41) is 0. The van der Waals surface area contributed by atoms with Crippen LogP contribution in [0, 0.1) is 18.8 Å². The van der Waals surface area contributed by atoms with Crippen LogP contribution in [-0.2, 0) is 9.53 Å². The maximum absolute atomic E-state index is 10.7. The van der Waals surface area contributed by atoms with E-state index in [-0.39, 0.29) is 12.4 Å². The minimum absolute atomic E-state index is 0.106. The highest BCUT2D eigenvalue weighted by Gasteiger charge is 1.94. The molecule has 1 N–H and O–H groups in total. The average molecular weight is 178 g/mol. The molecule has 4 nitrogen and oxygen atoms in total. The Hall–Kier alpha value is -1.76. The molecule has 0 saturated heterocycles. The van der Waals surface area contributed by atoms with Gasteiger partial charge in [-0.05, 0) is 12.8 Å². The lowest BCUT2D eigenvalue weighted by molar-refractivity contribution is -0.139. The molecule has 4 heteroatoms. The molecule has 0 aliphatic carbocycles. The number of carbonyl (C=O) groups excluding carboxylic acids is 1. The van der Waals surface area contributed by atoms with Crippen molar-refractivity contribution in [1.82, 2.24) is 9.97 Å². The first kappa shape index (κ1) is 9.33. The van der Waals surface area contributed by atoms with Gasteiger partial charge in [0.2, 0.25) is 0 Å². The smallest absolute Gasteiger partial charge is 0.317 e. The molecule has 0 amide bonds. The number of nitrogens with one attached hydrogen (secondary N) is 1. The van der Waals surface area contributed by atoms with Gasteiger partial charge in [-0.15, -0.1) is 0 Å². The summed E-state index contributed by atoms with van der Waals surface area (Å²) in [7, 11) is 1.34. The van der Waals surface area contributed by atoms with E-state index < -0.39 is 0 Å². The molecule has 1 aromatic heterocycles. The van der Waals surface area contributed by atoms with Crippen molar-refractivity contribution in [3.8, 4) is 11.8 Å². The van der Waals surface area contributed by atoms with Gasteiger partial charge < -0.3 is 9.72 Å². The molecule has 0 spiro atoms. The van der Waals surface area contributed by atoms with Crippen LogP contribution in [0.25, 0.3) is 0 Å². The van der Waals surface area contributed by atoms with Gasteiger partial charge in [0, 0.05) is 0 Å². The Balaban J connectivity index is 2.53. The number of ether oxygens (including phenoxy) is 1. The zero-order valence-electron chi connectivity index (χ0n) is 7.55. The van der Waals surface area contributed by atoms with Gasteiger partial charge in [-0.1, -0.05) is 5.92 Å². The Bertz CT molecular complexity index is 357. The lowest BCUT2D eigenvalue weighted by atomic mass is 10.4. The number of esters is 1. The molecule has 0 fully saturated rings. The van der Waals surface area contributed by atoms with Gasteiger partial charge in [-0.25, -0.2) is 4.98 Å². The fourth-order valence-electron chi connectivity index (χ4n) is 0.768. The molecule has 0 saturated carbocycles. The molecule has 0 aromatic carbocycles. The van der Waals surface area contributed by atoms with Crippen molar-refractivity contribution < 1.29 is 9.53 Å². The van der Waals surface area contributed by atoms with Crippen molar-refractivity contribution in [2.45, 2.75) is 13.3 Å². The predicted octanol–water partition coefficient (Wildman–Crippen LogP) is 0.633. The molecular weight excluding hydrogens is 168 g/mol. The minimum Gasteiger partial charge on any atom is -0.468 e. The van der Waals surface area contributed by atoms with Crippen LogP contribution in [-0.4, -0.2) is 23.0 Å². The summed E-state index contributed by atoms with van der Waals surface area (Å²) < 4.78 is 4.43. The second kappa shape index (κ2) is 4.31. The van der Waals surface area contributed by atoms with Crippen molar-refractivity contribution in [3.05, 3.63) is 17.7 Å². The zero-order valence-corrected chi connectivity index (χ0v) is 7.55. The predicted molar refractivity (Wildman–Crippen MR) is 46.8 cm³/mol. The van der Waals surface area contributed by atoms with Gasteiger partial charge in [0.1, 0.15) is 17.9 Å². The normalized spacial score (nSPS) is 8.77. The fraction of sp³-hybridized carbons (Fsp3) is 0.333. The third kappa shape index (κ3) is 2.99. The molecule has 0 bridgehead atoms. The van der Waals surface area contributed by atoms with Gasteiger partial charge in [0.25, 0.3) is 0 Å². The lowest BCUT2D eigenvalue weighted by Gasteiger charge is -1.88. The topological polar surface area (TPSA) is 55.0 Å². The molecule has 1 heterocycles. The number of aromatic amines is 1. The SMILES string of the molecule is COC(=O)CC#Cc1cnc(C)[nH]1. The molecular formula is C9H10N2O2. The Labute approximate surface area is 76.3 Å². The Morgan fingerprint density at radius 3 is 3.08 bits per heavy atom. The van der Waals surface area contributed by atoms with E-state index in [0.717, 1.165) is 5.82 Å². The fourth-order valence-corrected chi connectivity index (χ4v) is 0.768. The molecule has 13 heavy (non-hydrogen) atoms. The molecule has 0 aliphatic heterocycles. The summed E-state index contributed by atoms with van der Waals surface area (Å²) >= 11 is 0. The summed E-state index contributed by atoms with van der Waals surface area (Å²) in [6.07, 6.45) is 1.73. The number of carbonyl (C=O) groups is 1. The largest absolute Gasteiger partial charge is 0.468 e. The van der Waals surface area contributed by atoms with Crippen LogP contribution in [0.15, 0.2) is 6.20 Å². The number of methoxy groups -OCH3 is 1.